The van der Waals surface area contributed by atoms with E-state index in [0.29, 0.717) is 6.04 Å². The van der Waals surface area contributed by atoms with E-state index in [1.807, 2.05) is 0 Å². The van der Waals surface area contributed by atoms with Crippen molar-refractivity contribution in [3.63, 3.8) is 0 Å². The van der Waals surface area contributed by atoms with Crippen molar-refractivity contribution in [1.82, 2.24) is 14.5 Å². The van der Waals surface area contributed by atoms with Crippen molar-refractivity contribution in [2.75, 3.05) is 18.4 Å². The minimum Gasteiger partial charge on any atom is -0.351 e. The Morgan fingerprint density at radius 2 is 2.11 bits per heavy atom. The average Bonchev–Trinajstić information content (AvgIpc) is 2.80. The summed E-state index contributed by atoms with van der Waals surface area (Å²) >= 11 is 0. The average molecular weight is 246 g/mol. The van der Waals surface area contributed by atoms with Gasteiger partial charge in [0.05, 0.1) is 5.69 Å². The molecule has 2 aliphatic heterocycles. The van der Waals surface area contributed by atoms with Crippen molar-refractivity contribution in [2.45, 2.75) is 57.2 Å². The maximum Gasteiger partial charge on any atom is 0.203 e. The molecular weight excluding hydrogens is 224 g/mol. The lowest BCUT2D eigenvalue weighted by atomic mass is 10.1. The van der Waals surface area contributed by atoms with Crippen LogP contribution >= 0.6 is 0 Å². The van der Waals surface area contributed by atoms with Crippen molar-refractivity contribution >= 4 is 5.95 Å². The number of aryl methyl sites for hydroxylation is 1. The number of hydrogen-bond donors (Lipinski definition) is 1. The first-order valence-corrected chi connectivity index (χ1v) is 7.37. The van der Waals surface area contributed by atoms with Gasteiger partial charge in [0.25, 0.3) is 0 Å². The third kappa shape index (κ3) is 1.74. The molecule has 4 nitrogen and oxygen atoms in total. The first kappa shape index (κ1) is 10.9. The van der Waals surface area contributed by atoms with Crippen LogP contribution in [0.25, 0.3) is 0 Å². The Morgan fingerprint density at radius 3 is 2.94 bits per heavy atom. The van der Waals surface area contributed by atoms with Crippen molar-refractivity contribution in [2.24, 2.45) is 0 Å². The Bertz CT molecular complexity index is 449. The Labute approximate surface area is 108 Å². The predicted octanol–water partition coefficient (Wildman–Crippen LogP) is 2.18. The summed E-state index contributed by atoms with van der Waals surface area (Å²) < 4.78 is 2.37. The van der Waals surface area contributed by atoms with Gasteiger partial charge in [-0.1, -0.05) is 0 Å². The van der Waals surface area contributed by atoms with Crippen molar-refractivity contribution in [3.05, 3.63) is 11.9 Å². The zero-order valence-corrected chi connectivity index (χ0v) is 11.1. The first-order chi connectivity index (χ1) is 8.81. The molecule has 1 aliphatic carbocycles. The Hall–Kier alpha value is -1.03. The number of imidazole rings is 1. The van der Waals surface area contributed by atoms with Gasteiger partial charge in [-0.05, 0) is 45.6 Å². The summed E-state index contributed by atoms with van der Waals surface area (Å²) in [5.41, 5.74) is 1.14. The molecule has 0 bridgehead atoms. The normalized spacial score (nSPS) is 31.8. The summed E-state index contributed by atoms with van der Waals surface area (Å²) in [4.78, 5) is 7.33. The quantitative estimate of drug-likeness (QED) is 0.887. The lowest BCUT2D eigenvalue weighted by Crippen LogP contribution is -2.34. The van der Waals surface area contributed by atoms with Gasteiger partial charge in [0.1, 0.15) is 0 Å². The van der Waals surface area contributed by atoms with Gasteiger partial charge in [0.2, 0.25) is 5.95 Å². The second-order valence-electron chi connectivity index (χ2n) is 6.13. The monoisotopic (exact) mass is 246 g/mol. The summed E-state index contributed by atoms with van der Waals surface area (Å²) in [7, 11) is 0. The van der Waals surface area contributed by atoms with Crippen LogP contribution in [0, 0.1) is 6.92 Å². The molecule has 3 heterocycles. The lowest BCUT2D eigenvalue weighted by Gasteiger charge is -2.22. The highest BCUT2D eigenvalue weighted by atomic mass is 15.3. The predicted molar refractivity (Wildman–Crippen MR) is 71.9 cm³/mol. The molecule has 4 rings (SSSR count). The summed E-state index contributed by atoms with van der Waals surface area (Å²) in [5.74, 6) is 1.12. The van der Waals surface area contributed by atoms with E-state index in [0.717, 1.165) is 23.7 Å². The molecule has 1 saturated carbocycles. The maximum atomic E-state index is 4.68. The Morgan fingerprint density at radius 1 is 1.22 bits per heavy atom. The second kappa shape index (κ2) is 3.98. The summed E-state index contributed by atoms with van der Waals surface area (Å²) in [6.07, 6.45) is 8.87. The van der Waals surface area contributed by atoms with E-state index in [4.69, 9.17) is 0 Å². The van der Waals surface area contributed by atoms with Gasteiger partial charge in [-0.15, -0.1) is 0 Å². The molecule has 4 heteroatoms. The molecule has 1 N–H and O–H groups in total. The number of aromatic nitrogens is 2. The summed E-state index contributed by atoms with van der Waals surface area (Å²) in [6, 6.07) is 2.09. The smallest absolute Gasteiger partial charge is 0.203 e. The van der Waals surface area contributed by atoms with Crippen molar-refractivity contribution in [3.8, 4) is 0 Å². The fraction of sp³-hybridized carbons (Fsp3) is 0.786. The van der Waals surface area contributed by atoms with Crippen LogP contribution in [0.5, 0.6) is 0 Å². The van der Waals surface area contributed by atoms with Gasteiger partial charge in [-0.3, -0.25) is 4.90 Å². The van der Waals surface area contributed by atoms with Crippen LogP contribution in [0.2, 0.25) is 0 Å². The summed E-state index contributed by atoms with van der Waals surface area (Å²) in [5, 5.41) is 3.73. The zero-order chi connectivity index (χ0) is 12.1. The fourth-order valence-corrected chi connectivity index (χ4v) is 3.67. The molecule has 2 unspecified atom stereocenters. The van der Waals surface area contributed by atoms with Crippen LogP contribution < -0.4 is 5.32 Å². The molecule has 0 aromatic carbocycles. The SMILES string of the molecule is Cc1cn(C2CC2)c(NC2CCN3CCCC23)n1. The maximum absolute atomic E-state index is 4.68. The van der Waals surface area contributed by atoms with Crippen LogP contribution in [0.15, 0.2) is 6.20 Å². The molecular formula is C14H22N4. The molecule has 0 radical (unpaired) electrons. The second-order valence-corrected chi connectivity index (χ2v) is 6.13. The number of nitrogens with one attached hydrogen (secondary N) is 1. The number of rotatable bonds is 3. The van der Waals surface area contributed by atoms with Gasteiger partial charge in [-0.2, -0.15) is 0 Å². The van der Waals surface area contributed by atoms with Gasteiger partial charge >= 0.3 is 0 Å². The number of fused-ring (bicyclic) bond motifs is 1. The minimum atomic E-state index is 0.617. The van der Waals surface area contributed by atoms with E-state index >= 15 is 0 Å². The molecule has 2 atom stereocenters. The standard InChI is InChI=1S/C14H22N4/c1-10-9-18(11-4-5-11)14(15-10)16-12-6-8-17-7-2-3-13(12)17/h9,11-13H,2-8H2,1H3,(H,15,16). The lowest BCUT2D eigenvalue weighted by molar-refractivity contribution is 0.318. The molecule has 2 saturated heterocycles. The van der Waals surface area contributed by atoms with Crippen LogP contribution in [0.1, 0.15) is 43.8 Å². The van der Waals surface area contributed by atoms with Gasteiger partial charge in [-0.25, -0.2) is 4.98 Å². The van der Waals surface area contributed by atoms with E-state index in [9.17, 15) is 0 Å². The Balaban J connectivity index is 1.54. The molecule has 0 amide bonds. The van der Waals surface area contributed by atoms with E-state index in [1.54, 1.807) is 0 Å². The third-order valence-corrected chi connectivity index (χ3v) is 4.71. The topological polar surface area (TPSA) is 33.1 Å². The molecule has 3 aliphatic rings. The number of hydrogen-bond acceptors (Lipinski definition) is 3. The number of nitrogens with zero attached hydrogens (tertiary/aromatic N) is 3. The van der Waals surface area contributed by atoms with E-state index in [-0.39, 0.29) is 0 Å². The number of anilines is 1. The van der Waals surface area contributed by atoms with Crippen LogP contribution in [-0.4, -0.2) is 39.6 Å². The van der Waals surface area contributed by atoms with Crippen LogP contribution in [0.4, 0.5) is 5.95 Å². The molecule has 1 aromatic heterocycles. The minimum absolute atomic E-state index is 0.617. The summed E-state index contributed by atoms with van der Waals surface area (Å²) in [6.45, 7) is 4.67. The van der Waals surface area contributed by atoms with Gasteiger partial charge in [0.15, 0.2) is 0 Å². The highest BCUT2D eigenvalue weighted by molar-refractivity contribution is 5.33. The first-order valence-electron chi connectivity index (χ1n) is 7.37. The van der Waals surface area contributed by atoms with Crippen LogP contribution in [0.3, 0.4) is 0 Å². The van der Waals surface area contributed by atoms with E-state index in [1.165, 1.54) is 45.2 Å². The Kier molecular flexibility index (Phi) is 2.40. The fourth-order valence-electron chi connectivity index (χ4n) is 3.67. The largest absolute Gasteiger partial charge is 0.351 e. The highest BCUT2D eigenvalue weighted by Gasteiger charge is 2.38. The highest BCUT2D eigenvalue weighted by Crippen LogP contribution is 2.38. The third-order valence-electron chi connectivity index (χ3n) is 4.71. The molecule has 18 heavy (non-hydrogen) atoms. The zero-order valence-electron chi connectivity index (χ0n) is 11.1. The molecule has 3 fully saturated rings. The van der Waals surface area contributed by atoms with E-state index in [2.05, 4.69) is 32.9 Å². The van der Waals surface area contributed by atoms with Crippen molar-refractivity contribution < 1.29 is 0 Å². The van der Waals surface area contributed by atoms with E-state index < -0.39 is 0 Å². The van der Waals surface area contributed by atoms with Gasteiger partial charge in [0, 0.05) is 30.9 Å². The van der Waals surface area contributed by atoms with Crippen LogP contribution in [-0.2, 0) is 0 Å². The van der Waals surface area contributed by atoms with Gasteiger partial charge < -0.3 is 9.88 Å². The molecule has 1 aromatic rings. The molecule has 98 valence electrons. The van der Waals surface area contributed by atoms with Crippen molar-refractivity contribution in [1.29, 1.82) is 0 Å². The molecule has 0 spiro atoms.